The van der Waals surface area contributed by atoms with Crippen molar-refractivity contribution in [1.29, 1.82) is 0 Å². The Morgan fingerprint density at radius 1 is 1.44 bits per heavy atom. The summed E-state index contributed by atoms with van der Waals surface area (Å²) in [6, 6.07) is 5.15. The molecular formula is C10H10ClIN2O3S. The number of anilines is 1. The lowest BCUT2D eigenvalue weighted by molar-refractivity contribution is -0.117. The average Bonchev–Trinajstić information content (AvgIpc) is 2.64. The van der Waals surface area contributed by atoms with Gasteiger partial charge in [0, 0.05) is 22.2 Å². The molecule has 1 aromatic carbocycles. The van der Waals surface area contributed by atoms with Crippen LogP contribution in [0.2, 0.25) is 5.02 Å². The lowest BCUT2D eigenvalue weighted by Gasteiger charge is -2.16. The zero-order chi connectivity index (χ0) is 13.5. The second-order valence-corrected chi connectivity index (χ2v) is 7.43. The molecule has 0 bridgehead atoms. The van der Waals surface area contributed by atoms with Gasteiger partial charge in [0.25, 0.3) is 0 Å². The molecule has 0 spiro atoms. The van der Waals surface area contributed by atoms with Crippen LogP contribution in [0, 0.1) is 3.57 Å². The Bertz CT molecular complexity index is 605. The summed E-state index contributed by atoms with van der Waals surface area (Å²) < 4.78 is 23.4. The number of hydrogen-bond donors (Lipinski definition) is 1. The van der Waals surface area contributed by atoms with Crippen LogP contribution in [0.4, 0.5) is 5.69 Å². The number of sulfonamides is 1. The van der Waals surface area contributed by atoms with Crippen molar-refractivity contribution in [3.63, 3.8) is 0 Å². The summed E-state index contributed by atoms with van der Waals surface area (Å²) in [4.78, 5) is 13.2. The number of hydrogen-bond acceptors (Lipinski definition) is 3. The predicted octanol–water partition coefficient (Wildman–Crippen LogP) is 1.34. The number of benzene rings is 1. The minimum Gasteiger partial charge on any atom is -0.311 e. The SMILES string of the molecule is NS(=O)(=O)C1CC(=O)N(c2ccc(I)c(Cl)c2)C1. The van der Waals surface area contributed by atoms with Crippen molar-refractivity contribution in [3.8, 4) is 0 Å². The van der Waals surface area contributed by atoms with E-state index in [1.54, 1.807) is 18.2 Å². The molecule has 5 nitrogen and oxygen atoms in total. The molecule has 98 valence electrons. The van der Waals surface area contributed by atoms with Crippen LogP contribution in [0.15, 0.2) is 18.2 Å². The van der Waals surface area contributed by atoms with Crippen LogP contribution in [0.25, 0.3) is 0 Å². The van der Waals surface area contributed by atoms with Crippen molar-refractivity contribution in [2.45, 2.75) is 11.7 Å². The van der Waals surface area contributed by atoms with E-state index in [9.17, 15) is 13.2 Å². The maximum Gasteiger partial charge on any atom is 0.228 e. The molecule has 1 aromatic rings. The van der Waals surface area contributed by atoms with Gasteiger partial charge in [0.15, 0.2) is 0 Å². The summed E-state index contributed by atoms with van der Waals surface area (Å²) in [5.74, 6) is -0.258. The molecular weight excluding hydrogens is 391 g/mol. The van der Waals surface area contributed by atoms with E-state index in [4.69, 9.17) is 16.7 Å². The summed E-state index contributed by atoms with van der Waals surface area (Å²) in [5, 5.41) is 4.75. The largest absolute Gasteiger partial charge is 0.311 e. The van der Waals surface area contributed by atoms with Crippen molar-refractivity contribution in [2.24, 2.45) is 5.14 Å². The highest BCUT2D eigenvalue weighted by atomic mass is 127. The third-order valence-electron chi connectivity index (χ3n) is 2.77. The van der Waals surface area contributed by atoms with Gasteiger partial charge in [-0.05, 0) is 40.8 Å². The van der Waals surface area contributed by atoms with Gasteiger partial charge in [-0.3, -0.25) is 4.79 Å². The molecule has 1 aliphatic heterocycles. The van der Waals surface area contributed by atoms with E-state index in [-0.39, 0.29) is 18.9 Å². The monoisotopic (exact) mass is 400 g/mol. The molecule has 1 fully saturated rings. The molecule has 0 radical (unpaired) electrons. The summed E-state index contributed by atoms with van der Waals surface area (Å²) >= 11 is 8.05. The Labute approximate surface area is 123 Å². The van der Waals surface area contributed by atoms with Crippen molar-refractivity contribution in [2.75, 3.05) is 11.4 Å². The summed E-state index contributed by atoms with van der Waals surface area (Å²) in [6.45, 7) is 0.0780. The lowest BCUT2D eigenvalue weighted by Crippen LogP contribution is -2.32. The molecule has 18 heavy (non-hydrogen) atoms. The Morgan fingerprint density at radius 3 is 2.61 bits per heavy atom. The molecule has 0 aliphatic carbocycles. The number of primary sulfonamides is 1. The van der Waals surface area contributed by atoms with Gasteiger partial charge >= 0.3 is 0 Å². The lowest BCUT2D eigenvalue weighted by atomic mass is 10.3. The summed E-state index contributed by atoms with van der Waals surface area (Å²) in [7, 11) is -3.69. The first-order chi connectivity index (χ1) is 8.29. The van der Waals surface area contributed by atoms with E-state index in [2.05, 4.69) is 22.6 Å². The smallest absolute Gasteiger partial charge is 0.228 e. The predicted molar refractivity (Wildman–Crippen MR) is 78.0 cm³/mol. The van der Waals surface area contributed by atoms with Crippen molar-refractivity contribution in [3.05, 3.63) is 26.8 Å². The highest BCUT2D eigenvalue weighted by molar-refractivity contribution is 14.1. The van der Waals surface area contributed by atoms with Gasteiger partial charge in [0.05, 0.1) is 5.02 Å². The highest BCUT2D eigenvalue weighted by Crippen LogP contribution is 2.28. The number of amides is 1. The molecule has 1 saturated heterocycles. The second-order valence-electron chi connectivity index (χ2n) is 4.02. The van der Waals surface area contributed by atoms with E-state index in [1.165, 1.54) is 4.90 Å². The molecule has 1 amide bonds. The Balaban J connectivity index is 2.30. The van der Waals surface area contributed by atoms with Crippen LogP contribution in [-0.4, -0.2) is 26.1 Å². The molecule has 8 heteroatoms. The van der Waals surface area contributed by atoms with Crippen molar-refractivity contribution < 1.29 is 13.2 Å². The third kappa shape index (κ3) is 2.79. The molecule has 1 aliphatic rings. The van der Waals surface area contributed by atoms with E-state index < -0.39 is 15.3 Å². The Kier molecular flexibility index (Phi) is 3.86. The Hall–Kier alpha value is -0.380. The maximum absolute atomic E-state index is 11.8. The van der Waals surface area contributed by atoms with Crippen LogP contribution >= 0.6 is 34.2 Å². The van der Waals surface area contributed by atoms with E-state index in [0.29, 0.717) is 10.7 Å². The number of nitrogens with zero attached hydrogens (tertiary/aromatic N) is 1. The summed E-state index contributed by atoms with van der Waals surface area (Å²) in [6.07, 6.45) is -0.0809. The first-order valence-corrected chi connectivity index (χ1v) is 8.12. The summed E-state index contributed by atoms with van der Waals surface area (Å²) in [5.41, 5.74) is 0.594. The molecule has 1 unspecified atom stereocenters. The number of rotatable bonds is 2. The number of halogens is 2. The van der Waals surface area contributed by atoms with Gasteiger partial charge in [-0.25, -0.2) is 13.6 Å². The maximum atomic E-state index is 11.8. The quantitative estimate of drug-likeness (QED) is 0.761. The van der Waals surface area contributed by atoms with Crippen molar-refractivity contribution in [1.82, 2.24) is 0 Å². The van der Waals surface area contributed by atoms with Gasteiger partial charge in [0.1, 0.15) is 5.25 Å². The molecule has 0 aromatic heterocycles. The molecule has 2 rings (SSSR count). The van der Waals surface area contributed by atoms with Gasteiger partial charge in [-0.1, -0.05) is 11.6 Å². The van der Waals surface area contributed by atoms with Gasteiger partial charge in [-0.2, -0.15) is 0 Å². The fourth-order valence-corrected chi connectivity index (χ4v) is 3.04. The van der Waals surface area contributed by atoms with Crippen LogP contribution in [0.1, 0.15) is 6.42 Å². The minimum absolute atomic E-state index is 0.0780. The molecule has 0 saturated carbocycles. The topological polar surface area (TPSA) is 80.5 Å². The third-order valence-corrected chi connectivity index (χ3v) is 5.59. The molecule has 2 N–H and O–H groups in total. The number of carbonyl (C=O) groups is 1. The van der Waals surface area contributed by atoms with Crippen LogP contribution in [-0.2, 0) is 14.8 Å². The first kappa shape index (κ1) is 14.0. The van der Waals surface area contributed by atoms with Gasteiger partial charge in [-0.15, -0.1) is 0 Å². The first-order valence-electron chi connectivity index (χ1n) is 5.06. The van der Waals surface area contributed by atoms with E-state index in [1.807, 2.05) is 0 Å². The number of nitrogens with two attached hydrogens (primary N) is 1. The standard InChI is InChI=1S/C10H10ClIN2O3S/c11-8-3-6(1-2-9(8)12)14-5-7(4-10(14)15)18(13,16)17/h1-3,7H,4-5H2,(H2,13,16,17). The normalized spacial score (nSPS) is 20.5. The van der Waals surface area contributed by atoms with Crippen LogP contribution < -0.4 is 10.0 Å². The van der Waals surface area contributed by atoms with Crippen LogP contribution in [0.3, 0.4) is 0 Å². The Morgan fingerprint density at radius 2 is 2.11 bits per heavy atom. The fraction of sp³-hybridized carbons (Fsp3) is 0.300. The zero-order valence-electron chi connectivity index (χ0n) is 9.14. The van der Waals surface area contributed by atoms with E-state index >= 15 is 0 Å². The molecule has 1 atom stereocenters. The highest BCUT2D eigenvalue weighted by Gasteiger charge is 2.37. The van der Waals surface area contributed by atoms with Crippen LogP contribution in [0.5, 0.6) is 0 Å². The molecule has 1 heterocycles. The minimum atomic E-state index is -3.69. The average molecular weight is 401 g/mol. The zero-order valence-corrected chi connectivity index (χ0v) is 12.9. The fourth-order valence-electron chi connectivity index (χ4n) is 1.80. The van der Waals surface area contributed by atoms with Crippen molar-refractivity contribution >= 4 is 55.8 Å². The van der Waals surface area contributed by atoms with E-state index in [0.717, 1.165) is 3.57 Å². The number of carbonyl (C=O) groups excluding carboxylic acids is 1. The van der Waals surface area contributed by atoms with Gasteiger partial charge in [0.2, 0.25) is 15.9 Å². The van der Waals surface area contributed by atoms with Gasteiger partial charge < -0.3 is 4.90 Å². The second kappa shape index (κ2) is 4.95.